The maximum Gasteiger partial charge on any atom is 0.241 e. The highest BCUT2D eigenvalue weighted by molar-refractivity contribution is 5.98. The number of hydrogen-bond acceptors (Lipinski definition) is 6. The van der Waals surface area contributed by atoms with E-state index in [4.69, 9.17) is 10.7 Å². The van der Waals surface area contributed by atoms with Crippen molar-refractivity contribution < 1.29 is 4.79 Å². The van der Waals surface area contributed by atoms with Crippen LogP contribution in [0.4, 0.5) is 5.69 Å². The maximum absolute atomic E-state index is 12.5. The third kappa shape index (κ3) is 7.02. The predicted octanol–water partition coefficient (Wildman–Crippen LogP) is 4.37. The van der Waals surface area contributed by atoms with Crippen LogP contribution in [0.1, 0.15) is 48.3 Å². The number of amides is 1. The Hall–Kier alpha value is -3.55. The number of likely N-dealkylation sites (tertiary alicyclic amines) is 1. The second kappa shape index (κ2) is 12.6. The molecule has 4 rings (SSSR count). The van der Waals surface area contributed by atoms with Crippen LogP contribution in [0.3, 0.4) is 0 Å². The first-order chi connectivity index (χ1) is 18.0. The Morgan fingerprint density at radius 1 is 1.30 bits per heavy atom. The minimum atomic E-state index is -0.139. The van der Waals surface area contributed by atoms with E-state index in [0.29, 0.717) is 12.5 Å². The maximum atomic E-state index is 12.5. The lowest BCUT2D eigenvalue weighted by atomic mass is 9.87. The molecule has 1 unspecified atom stereocenters. The molecule has 7 nitrogen and oxygen atoms in total. The molecule has 1 atom stereocenters. The number of nitrogens with one attached hydrogen (secondary N) is 1. The molecule has 1 aromatic carbocycles. The number of aliphatic imine (C=N–C) groups is 1. The zero-order chi connectivity index (χ0) is 26.2. The zero-order valence-electron chi connectivity index (χ0n) is 21.8. The monoisotopic (exact) mass is 498 g/mol. The predicted molar refractivity (Wildman–Crippen MR) is 151 cm³/mol. The second-order valence-electron chi connectivity index (χ2n) is 9.95. The van der Waals surface area contributed by atoms with Crippen LogP contribution in [0.2, 0.25) is 0 Å². The van der Waals surface area contributed by atoms with E-state index in [1.165, 1.54) is 11.1 Å². The smallest absolute Gasteiger partial charge is 0.241 e. The summed E-state index contributed by atoms with van der Waals surface area (Å²) in [5.74, 6) is 0.544. The van der Waals surface area contributed by atoms with E-state index >= 15 is 0 Å². The molecule has 3 heterocycles. The highest BCUT2D eigenvalue weighted by atomic mass is 16.2. The van der Waals surface area contributed by atoms with Crippen molar-refractivity contribution in [2.75, 3.05) is 26.7 Å². The zero-order valence-corrected chi connectivity index (χ0v) is 21.8. The second-order valence-corrected chi connectivity index (χ2v) is 9.95. The first-order valence-corrected chi connectivity index (χ1v) is 13.0. The molecule has 0 aliphatic carbocycles. The number of piperidine rings is 2. The summed E-state index contributed by atoms with van der Waals surface area (Å²) in [6.07, 6.45) is 12.6. The van der Waals surface area contributed by atoms with Crippen molar-refractivity contribution in [2.45, 2.75) is 44.2 Å². The highest BCUT2D eigenvalue weighted by Crippen LogP contribution is 2.30. The Bertz CT molecular complexity index is 1160. The summed E-state index contributed by atoms with van der Waals surface area (Å²) in [4.78, 5) is 26.0. The van der Waals surface area contributed by atoms with Crippen molar-refractivity contribution in [3.63, 3.8) is 0 Å². The fraction of sp³-hybridized carbons (Fsp3) is 0.367. The van der Waals surface area contributed by atoms with E-state index in [-0.39, 0.29) is 11.9 Å². The van der Waals surface area contributed by atoms with Crippen LogP contribution >= 0.6 is 0 Å². The number of allylic oxidation sites excluding steroid dienone is 1. The number of likely N-dealkylation sites (N-methyl/N-ethyl adjacent to an activating group) is 1. The van der Waals surface area contributed by atoms with E-state index < -0.39 is 0 Å². The van der Waals surface area contributed by atoms with Gasteiger partial charge in [-0.3, -0.25) is 24.6 Å². The standard InChI is InChI=1S/C30H38N6O/c1-4-23-8-9-25(18-26(23)20-35(3)29-10-7-22(2)33-30(29)37)24-12-16-36(17-13-24)21-28(11-14-31)34-27-6-5-15-32-19-27/h4-6,8-9,11,14-15,18-19,24,29H,1-2,7,10,12-13,16-17,20-21,31H2,3H3,(H,33,37). The summed E-state index contributed by atoms with van der Waals surface area (Å²) in [6, 6.07) is 10.4. The third-order valence-corrected chi connectivity index (χ3v) is 7.31. The van der Waals surface area contributed by atoms with Gasteiger partial charge in [0, 0.05) is 25.0 Å². The van der Waals surface area contributed by atoms with Crippen LogP contribution in [-0.4, -0.2) is 59.1 Å². The van der Waals surface area contributed by atoms with Gasteiger partial charge in [-0.1, -0.05) is 37.4 Å². The highest BCUT2D eigenvalue weighted by Gasteiger charge is 2.28. The van der Waals surface area contributed by atoms with E-state index in [9.17, 15) is 4.79 Å². The van der Waals surface area contributed by atoms with Crippen molar-refractivity contribution in [3.8, 4) is 0 Å². The average Bonchev–Trinajstić information content (AvgIpc) is 2.90. The summed E-state index contributed by atoms with van der Waals surface area (Å²) < 4.78 is 0. The Labute approximate surface area is 220 Å². The largest absolute Gasteiger partial charge is 0.405 e. The van der Waals surface area contributed by atoms with E-state index in [0.717, 1.165) is 68.0 Å². The lowest BCUT2D eigenvalue weighted by Gasteiger charge is -2.33. The van der Waals surface area contributed by atoms with Crippen molar-refractivity contribution in [2.24, 2.45) is 10.7 Å². The van der Waals surface area contributed by atoms with E-state index in [2.05, 4.69) is 51.5 Å². The van der Waals surface area contributed by atoms with Crippen molar-refractivity contribution >= 4 is 23.4 Å². The van der Waals surface area contributed by atoms with Crippen LogP contribution in [0.5, 0.6) is 0 Å². The Balaban J connectivity index is 1.39. The molecule has 2 aliphatic heterocycles. The molecular formula is C30H38N6O. The van der Waals surface area contributed by atoms with Gasteiger partial charge in [-0.2, -0.15) is 0 Å². The molecule has 7 heteroatoms. The molecule has 3 N–H and O–H groups in total. The molecule has 194 valence electrons. The van der Waals surface area contributed by atoms with Gasteiger partial charge in [-0.15, -0.1) is 0 Å². The minimum absolute atomic E-state index is 0.0401. The number of benzene rings is 1. The first-order valence-electron chi connectivity index (χ1n) is 13.0. The molecule has 0 saturated carbocycles. The molecule has 37 heavy (non-hydrogen) atoms. The summed E-state index contributed by atoms with van der Waals surface area (Å²) in [5, 5.41) is 2.90. The summed E-state index contributed by atoms with van der Waals surface area (Å²) in [7, 11) is 2.02. The summed E-state index contributed by atoms with van der Waals surface area (Å²) in [6.45, 7) is 11.4. The third-order valence-electron chi connectivity index (χ3n) is 7.31. The molecular weight excluding hydrogens is 460 g/mol. The van der Waals surface area contributed by atoms with Gasteiger partial charge < -0.3 is 11.1 Å². The number of pyridine rings is 1. The van der Waals surface area contributed by atoms with Gasteiger partial charge in [0.25, 0.3) is 0 Å². The summed E-state index contributed by atoms with van der Waals surface area (Å²) in [5.41, 5.74) is 12.0. The first kappa shape index (κ1) is 26.5. The number of aromatic nitrogens is 1. The van der Waals surface area contributed by atoms with Gasteiger partial charge in [-0.25, -0.2) is 0 Å². The van der Waals surface area contributed by atoms with Gasteiger partial charge in [0.2, 0.25) is 5.91 Å². The van der Waals surface area contributed by atoms with Crippen LogP contribution in [0.25, 0.3) is 6.08 Å². The van der Waals surface area contributed by atoms with Crippen molar-refractivity contribution in [1.82, 2.24) is 20.1 Å². The Morgan fingerprint density at radius 2 is 2.11 bits per heavy atom. The number of carbonyl (C=O) groups is 1. The molecule has 2 saturated heterocycles. The summed E-state index contributed by atoms with van der Waals surface area (Å²) >= 11 is 0. The molecule has 1 amide bonds. The van der Waals surface area contributed by atoms with Crippen LogP contribution < -0.4 is 11.1 Å². The van der Waals surface area contributed by atoms with Gasteiger partial charge >= 0.3 is 0 Å². The SMILES string of the molecule is C=Cc1ccc(C2CCN(CC(C=CN)=Nc3cccnc3)CC2)cc1CN(C)C1CCC(=C)NC1=O. The number of nitrogens with zero attached hydrogens (tertiary/aromatic N) is 4. The molecule has 2 aromatic rings. The van der Waals surface area contributed by atoms with Crippen molar-refractivity contribution in [3.05, 3.63) is 90.5 Å². The molecule has 0 spiro atoms. The molecule has 1 aromatic heterocycles. The van der Waals surface area contributed by atoms with E-state index in [1.807, 2.05) is 31.3 Å². The van der Waals surface area contributed by atoms with Gasteiger partial charge in [0.05, 0.1) is 23.6 Å². The van der Waals surface area contributed by atoms with Crippen LogP contribution in [0.15, 0.2) is 78.8 Å². The molecule has 2 fully saturated rings. The molecule has 0 bridgehead atoms. The van der Waals surface area contributed by atoms with Gasteiger partial charge in [-0.05, 0) is 92.8 Å². The minimum Gasteiger partial charge on any atom is -0.405 e. The molecule has 0 radical (unpaired) electrons. The fourth-order valence-corrected chi connectivity index (χ4v) is 5.25. The quantitative estimate of drug-likeness (QED) is 0.501. The lowest BCUT2D eigenvalue weighted by molar-refractivity contribution is -0.126. The van der Waals surface area contributed by atoms with Crippen LogP contribution in [0, 0.1) is 0 Å². The number of hydrogen-bond donors (Lipinski definition) is 2. The van der Waals surface area contributed by atoms with E-state index in [1.54, 1.807) is 18.6 Å². The number of carbonyl (C=O) groups excluding carboxylic acids is 1. The van der Waals surface area contributed by atoms with Gasteiger partial charge in [0.1, 0.15) is 0 Å². The Kier molecular flexibility index (Phi) is 9.04. The normalized spacial score (nSPS) is 19.9. The number of rotatable bonds is 9. The number of nitrogens with two attached hydrogens (primary N) is 1. The molecule has 2 aliphatic rings. The van der Waals surface area contributed by atoms with Gasteiger partial charge in [0.15, 0.2) is 0 Å². The Morgan fingerprint density at radius 3 is 2.78 bits per heavy atom. The lowest BCUT2D eigenvalue weighted by Crippen LogP contribution is -2.47. The average molecular weight is 499 g/mol. The van der Waals surface area contributed by atoms with Crippen LogP contribution in [-0.2, 0) is 11.3 Å². The van der Waals surface area contributed by atoms with Crippen molar-refractivity contribution in [1.29, 1.82) is 0 Å². The fourth-order valence-electron chi connectivity index (χ4n) is 5.25. The topological polar surface area (TPSA) is 86.8 Å².